The third-order valence-electron chi connectivity index (χ3n) is 1.93. The molecule has 4 nitrogen and oxygen atoms in total. The van der Waals surface area contributed by atoms with Crippen LogP contribution >= 0.6 is 11.6 Å². The normalized spacial score (nSPS) is 13.3. The Bertz CT molecular complexity index is 298. The summed E-state index contributed by atoms with van der Waals surface area (Å²) in [6.45, 7) is 2.31. The second-order valence-electron chi connectivity index (χ2n) is 2.99. The number of aliphatic hydroxyl groups is 1. The van der Waals surface area contributed by atoms with Crippen molar-refractivity contribution in [3.63, 3.8) is 0 Å². The van der Waals surface area contributed by atoms with Crippen LogP contribution in [0.5, 0.6) is 0 Å². The summed E-state index contributed by atoms with van der Waals surface area (Å²) < 4.78 is 1.56. The maximum Gasteiger partial charge on any atom is 0.132 e. The number of hydrogen-bond donors (Lipinski definition) is 2. The number of likely N-dealkylation sites (N-methyl/N-ethyl adjacent to an activating group) is 1. The van der Waals surface area contributed by atoms with Crippen LogP contribution in [0.1, 0.15) is 17.4 Å². The van der Waals surface area contributed by atoms with Crippen molar-refractivity contribution in [1.29, 1.82) is 0 Å². The second kappa shape index (κ2) is 4.09. The summed E-state index contributed by atoms with van der Waals surface area (Å²) in [5.41, 5.74) is 1.48. The molecule has 1 unspecified atom stereocenters. The Balaban J connectivity index is 2.98. The molecular weight excluding hydrogens is 190 g/mol. The molecule has 1 aromatic heterocycles. The van der Waals surface area contributed by atoms with E-state index < -0.39 is 6.10 Å². The van der Waals surface area contributed by atoms with Crippen molar-refractivity contribution in [2.45, 2.75) is 13.0 Å². The van der Waals surface area contributed by atoms with Crippen LogP contribution in [0.3, 0.4) is 0 Å². The number of halogens is 1. The van der Waals surface area contributed by atoms with Crippen LogP contribution in [0.25, 0.3) is 0 Å². The van der Waals surface area contributed by atoms with E-state index in [1.165, 1.54) is 0 Å². The van der Waals surface area contributed by atoms with Crippen molar-refractivity contribution in [1.82, 2.24) is 15.1 Å². The molecule has 0 saturated carbocycles. The number of aliphatic hydroxyl groups excluding tert-OH is 1. The van der Waals surface area contributed by atoms with E-state index in [0.29, 0.717) is 17.3 Å². The average Bonchev–Trinajstić information content (AvgIpc) is 2.27. The van der Waals surface area contributed by atoms with Gasteiger partial charge in [-0.25, -0.2) is 0 Å². The summed E-state index contributed by atoms with van der Waals surface area (Å²) in [7, 11) is 3.54. The minimum Gasteiger partial charge on any atom is -0.387 e. The number of hydrogen-bond acceptors (Lipinski definition) is 3. The monoisotopic (exact) mass is 203 g/mol. The number of aromatic nitrogens is 2. The Morgan fingerprint density at radius 1 is 1.69 bits per heavy atom. The predicted molar refractivity (Wildman–Crippen MR) is 51.8 cm³/mol. The van der Waals surface area contributed by atoms with Gasteiger partial charge in [0, 0.05) is 19.2 Å². The molecule has 5 heteroatoms. The summed E-state index contributed by atoms with van der Waals surface area (Å²) in [5, 5.41) is 17.2. The minimum absolute atomic E-state index is 0.478. The zero-order chi connectivity index (χ0) is 10.0. The minimum atomic E-state index is -0.591. The van der Waals surface area contributed by atoms with Gasteiger partial charge in [-0.3, -0.25) is 4.68 Å². The molecule has 0 spiro atoms. The highest BCUT2D eigenvalue weighted by molar-refractivity contribution is 6.30. The summed E-state index contributed by atoms with van der Waals surface area (Å²) in [6, 6.07) is 0. The molecule has 0 radical (unpaired) electrons. The molecule has 0 saturated heterocycles. The molecule has 2 N–H and O–H groups in total. The van der Waals surface area contributed by atoms with Crippen LogP contribution in [-0.4, -0.2) is 28.5 Å². The van der Waals surface area contributed by atoms with E-state index in [9.17, 15) is 5.11 Å². The van der Waals surface area contributed by atoms with Gasteiger partial charge in [-0.1, -0.05) is 11.6 Å². The van der Waals surface area contributed by atoms with Crippen LogP contribution < -0.4 is 5.32 Å². The van der Waals surface area contributed by atoms with E-state index in [-0.39, 0.29) is 0 Å². The fourth-order valence-corrected chi connectivity index (χ4v) is 1.62. The van der Waals surface area contributed by atoms with Gasteiger partial charge < -0.3 is 10.4 Å². The molecule has 0 aliphatic heterocycles. The second-order valence-corrected chi connectivity index (χ2v) is 3.34. The number of aryl methyl sites for hydroxylation is 2. The molecule has 0 fully saturated rings. The lowest BCUT2D eigenvalue weighted by Gasteiger charge is -2.09. The summed E-state index contributed by atoms with van der Waals surface area (Å²) >= 11 is 5.96. The van der Waals surface area contributed by atoms with E-state index in [1.807, 2.05) is 6.92 Å². The quantitative estimate of drug-likeness (QED) is 0.758. The fraction of sp³-hybridized carbons (Fsp3) is 0.625. The van der Waals surface area contributed by atoms with Gasteiger partial charge >= 0.3 is 0 Å². The van der Waals surface area contributed by atoms with Crippen LogP contribution in [0.2, 0.25) is 5.15 Å². The van der Waals surface area contributed by atoms with Gasteiger partial charge in [-0.05, 0) is 14.0 Å². The van der Waals surface area contributed by atoms with Crippen molar-refractivity contribution < 1.29 is 5.11 Å². The first-order chi connectivity index (χ1) is 6.07. The zero-order valence-electron chi connectivity index (χ0n) is 8.00. The molecule has 0 amide bonds. The molecule has 1 rings (SSSR count). The van der Waals surface area contributed by atoms with Gasteiger partial charge in [-0.2, -0.15) is 5.10 Å². The van der Waals surface area contributed by atoms with E-state index in [0.717, 1.165) is 5.69 Å². The highest BCUT2D eigenvalue weighted by Crippen LogP contribution is 2.24. The first-order valence-corrected chi connectivity index (χ1v) is 4.47. The third kappa shape index (κ3) is 2.02. The smallest absolute Gasteiger partial charge is 0.132 e. The Kier molecular flexibility index (Phi) is 3.30. The number of nitrogens with zero attached hydrogens (tertiary/aromatic N) is 2. The van der Waals surface area contributed by atoms with Gasteiger partial charge in [0.25, 0.3) is 0 Å². The molecule has 0 bridgehead atoms. The Hall–Kier alpha value is -0.580. The van der Waals surface area contributed by atoms with Crippen molar-refractivity contribution in [2.75, 3.05) is 13.6 Å². The SMILES string of the molecule is CNCC(O)c1c(C)nn(C)c1Cl. The number of rotatable bonds is 3. The van der Waals surface area contributed by atoms with E-state index in [2.05, 4.69) is 10.4 Å². The molecule has 1 heterocycles. The van der Waals surface area contributed by atoms with Crippen LogP contribution in [0.4, 0.5) is 0 Å². The first-order valence-electron chi connectivity index (χ1n) is 4.09. The van der Waals surface area contributed by atoms with Gasteiger partial charge in [0.2, 0.25) is 0 Å². The Labute approximate surface area is 82.5 Å². The standard InChI is InChI=1S/C8H14ClN3O/c1-5-7(6(13)4-10-2)8(9)12(3)11-5/h6,10,13H,4H2,1-3H3. The largest absolute Gasteiger partial charge is 0.387 e. The average molecular weight is 204 g/mol. The van der Waals surface area contributed by atoms with Gasteiger partial charge in [0.05, 0.1) is 11.8 Å². The van der Waals surface area contributed by atoms with Crippen molar-refractivity contribution >= 4 is 11.6 Å². The van der Waals surface area contributed by atoms with E-state index >= 15 is 0 Å². The van der Waals surface area contributed by atoms with Crippen molar-refractivity contribution in [3.05, 3.63) is 16.4 Å². The maximum atomic E-state index is 9.70. The highest BCUT2D eigenvalue weighted by Gasteiger charge is 2.18. The summed E-state index contributed by atoms with van der Waals surface area (Å²) in [4.78, 5) is 0. The molecule has 0 aliphatic carbocycles. The highest BCUT2D eigenvalue weighted by atomic mass is 35.5. The maximum absolute atomic E-state index is 9.70. The zero-order valence-corrected chi connectivity index (χ0v) is 8.76. The Morgan fingerprint density at radius 2 is 2.31 bits per heavy atom. The molecule has 13 heavy (non-hydrogen) atoms. The van der Waals surface area contributed by atoms with Crippen LogP contribution in [0, 0.1) is 6.92 Å². The summed E-state index contributed by atoms with van der Waals surface area (Å²) in [5.74, 6) is 0. The molecule has 74 valence electrons. The van der Waals surface area contributed by atoms with Crippen molar-refractivity contribution in [2.24, 2.45) is 7.05 Å². The molecule has 0 aliphatic rings. The van der Waals surface area contributed by atoms with Crippen molar-refractivity contribution in [3.8, 4) is 0 Å². The third-order valence-corrected chi connectivity index (χ3v) is 2.38. The fourth-order valence-electron chi connectivity index (χ4n) is 1.32. The summed E-state index contributed by atoms with van der Waals surface area (Å²) in [6.07, 6.45) is -0.591. The van der Waals surface area contributed by atoms with Crippen LogP contribution in [0.15, 0.2) is 0 Å². The number of nitrogens with one attached hydrogen (secondary N) is 1. The van der Waals surface area contributed by atoms with E-state index in [4.69, 9.17) is 11.6 Å². The van der Waals surface area contributed by atoms with Gasteiger partial charge in [0.15, 0.2) is 0 Å². The van der Waals surface area contributed by atoms with E-state index in [1.54, 1.807) is 18.8 Å². The Morgan fingerprint density at radius 3 is 2.69 bits per heavy atom. The first kappa shape index (κ1) is 10.5. The molecular formula is C8H14ClN3O. The molecule has 1 atom stereocenters. The lowest BCUT2D eigenvalue weighted by atomic mass is 10.1. The van der Waals surface area contributed by atoms with Gasteiger partial charge in [-0.15, -0.1) is 0 Å². The predicted octanol–water partition coefficient (Wildman–Crippen LogP) is 0.635. The lowest BCUT2D eigenvalue weighted by Crippen LogP contribution is -2.17. The lowest BCUT2D eigenvalue weighted by molar-refractivity contribution is 0.177. The molecule has 0 aromatic carbocycles. The topological polar surface area (TPSA) is 50.1 Å². The van der Waals surface area contributed by atoms with Crippen LogP contribution in [-0.2, 0) is 7.05 Å². The molecule has 1 aromatic rings. The van der Waals surface area contributed by atoms with Gasteiger partial charge in [0.1, 0.15) is 5.15 Å².